The number of hydrogen-bond acceptors (Lipinski definition) is 4. The lowest BCUT2D eigenvalue weighted by atomic mass is 10.0. The Morgan fingerprint density at radius 2 is 2.14 bits per heavy atom. The van der Waals surface area contributed by atoms with Gasteiger partial charge in [-0.05, 0) is 31.2 Å². The molecule has 1 atom stereocenters. The number of terminal acetylenes is 1. The van der Waals surface area contributed by atoms with Crippen LogP contribution in [0.5, 0.6) is 0 Å². The molecule has 1 aromatic carbocycles. The highest BCUT2D eigenvalue weighted by atomic mass is 19.1. The third-order valence-corrected chi connectivity index (χ3v) is 3.10. The fourth-order valence-electron chi connectivity index (χ4n) is 2.00. The van der Waals surface area contributed by atoms with Crippen molar-refractivity contribution in [1.29, 1.82) is 0 Å². The molecule has 6 heteroatoms. The molecule has 5 nitrogen and oxygen atoms in total. The van der Waals surface area contributed by atoms with Crippen molar-refractivity contribution >= 4 is 5.91 Å². The molecule has 0 spiro atoms. The van der Waals surface area contributed by atoms with E-state index in [0.717, 1.165) is 0 Å². The largest absolute Gasteiger partial charge is 0.385 e. The van der Waals surface area contributed by atoms with Crippen LogP contribution in [0.2, 0.25) is 0 Å². The van der Waals surface area contributed by atoms with Gasteiger partial charge in [0, 0.05) is 12.6 Å². The van der Waals surface area contributed by atoms with Crippen LogP contribution in [0.25, 0.3) is 11.3 Å². The highest BCUT2D eigenvalue weighted by molar-refractivity contribution is 6.01. The second-order valence-electron chi connectivity index (χ2n) is 4.82. The number of aliphatic hydroxyl groups excluding tert-OH is 1. The van der Waals surface area contributed by atoms with Gasteiger partial charge >= 0.3 is 0 Å². The fraction of sp³-hybridized carbons (Fsp3) is 0.250. The number of carbonyl (C=O) groups is 1. The summed E-state index contributed by atoms with van der Waals surface area (Å²) in [5.74, 6) is 1.59. The van der Waals surface area contributed by atoms with Crippen molar-refractivity contribution in [1.82, 2.24) is 10.1 Å². The number of halogens is 1. The first kappa shape index (κ1) is 15.7. The summed E-state index contributed by atoms with van der Waals surface area (Å²) in [4.78, 5) is 13.8. The second kappa shape index (κ2) is 6.41. The zero-order valence-corrected chi connectivity index (χ0v) is 12.2. The van der Waals surface area contributed by atoms with Crippen LogP contribution in [0.15, 0.2) is 28.8 Å². The van der Waals surface area contributed by atoms with E-state index in [1.54, 1.807) is 0 Å². The van der Waals surface area contributed by atoms with Crippen molar-refractivity contribution in [3.8, 4) is 23.6 Å². The Kier molecular flexibility index (Phi) is 4.59. The molecular formula is C16H15FN2O3. The van der Waals surface area contributed by atoms with Crippen LogP contribution in [0.1, 0.15) is 29.1 Å². The van der Waals surface area contributed by atoms with Crippen LogP contribution in [0.3, 0.4) is 0 Å². The van der Waals surface area contributed by atoms with Crippen LogP contribution in [0.4, 0.5) is 4.39 Å². The number of rotatable bonds is 4. The minimum absolute atomic E-state index is 0.0493. The summed E-state index contributed by atoms with van der Waals surface area (Å²) in [6.45, 7) is 1.57. The molecule has 0 unspecified atom stereocenters. The molecule has 0 fully saturated rings. The molecule has 1 N–H and O–H groups in total. The van der Waals surface area contributed by atoms with Gasteiger partial charge in [0.15, 0.2) is 5.76 Å². The minimum atomic E-state index is -1.01. The van der Waals surface area contributed by atoms with Crippen LogP contribution in [-0.2, 0) is 0 Å². The van der Waals surface area contributed by atoms with Gasteiger partial charge in [0.1, 0.15) is 23.2 Å². The number of carbonyl (C=O) groups excluding carboxylic acids is 1. The molecule has 0 radical (unpaired) electrons. The van der Waals surface area contributed by atoms with E-state index in [2.05, 4.69) is 11.1 Å². The number of aromatic nitrogens is 1. The van der Waals surface area contributed by atoms with Gasteiger partial charge in [0.05, 0.1) is 6.54 Å². The van der Waals surface area contributed by atoms with Gasteiger partial charge in [-0.3, -0.25) is 4.79 Å². The number of benzene rings is 1. The van der Waals surface area contributed by atoms with Crippen molar-refractivity contribution < 1.29 is 18.8 Å². The third-order valence-electron chi connectivity index (χ3n) is 3.10. The quantitative estimate of drug-likeness (QED) is 0.880. The molecule has 1 amide bonds. The zero-order valence-electron chi connectivity index (χ0n) is 12.2. The summed E-state index contributed by atoms with van der Waals surface area (Å²) >= 11 is 0. The van der Waals surface area contributed by atoms with Crippen LogP contribution >= 0.6 is 0 Å². The molecule has 0 aliphatic rings. The summed E-state index contributed by atoms with van der Waals surface area (Å²) in [7, 11) is 1.54. The predicted octanol–water partition coefficient (Wildman–Crippen LogP) is 2.24. The first-order valence-electron chi connectivity index (χ1n) is 6.58. The molecule has 0 saturated carbocycles. The van der Waals surface area contributed by atoms with Gasteiger partial charge in [-0.1, -0.05) is 11.1 Å². The third kappa shape index (κ3) is 3.00. The normalized spacial score (nSPS) is 11.8. The van der Waals surface area contributed by atoms with E-state index in [1.807, 2.05) is 0 Å². The van der Waals surface area contributed by atoms with Gasteiger partial charge in [-0.15, -0.1) is 6.42 Å². The Morgan fingerprint density at radius 1 is 1.50 bits per heavy atom. The number of nitrogens with zero attached hydrogens (tertiary/aromatic N) is 2. The average molecular weight is 302 g/mol. The maximum atomic E-state index is 13.0. The Bertz CT molecular complexity index is 714. The number of hydrogen-bond donors (Lipinski definition) is 1. The Morgan fingerprint density at radius 3 is 2.68 bits per heavy atom. The average Bonchev–Trinajstić information content (AvgIpc) is 2.92. The van der Waals surface area contributed by atoms with E-state index in [4.69, 9.17) is 10.9 Å². The van der Waals surface area contributed by atoms with Gasteiger partial charge in [-0.2, -0.15) is 0 Å². The maximum absolute atomic E-state index is 13.0. The number of amides is 1. The number of aliphatic hydroxyl groups is 1. The van der Waals surface area contributed by atoms with E-state index < -0.39 is 17.8 Å². The van der Waals surface area contributed by atoms with Crippen LogP contribution in [0, 0.1) is 18.2 Å². The molecule has 0 aliphatic carbocycles. The highest BCUT2D eigenvalue weighted by Gasteiger charge is 2.28. The molecule has 114 valence electrons. The minimum Gasteiger partial charge on any atom is -0.385 e. The molecule has 1 heterocycles. The Hall–Kier alpha value is -2.65. The monoisotopic (exact) mass is 302 g/mol. The molecule has 2 rings (SSSR count). The second-order valence-corrected chi connectivity index (χ2v) is 4.82. The van der Waals surface area contributed by atoms with Gasteiger partial charge in [0.2, 0.25) is 0 Å². The van der Waals surface area contributed by atoms with E-state index in [9.17, 15) is 14.3 Å². The molecular weight excluding hydrogens is 287 g/mol. The standard InChI is InChI=1S/C16H15FN2O3/c1-4-9-19(3)16(21)13-14(18-22-15(13)10(2)20)11-5-7-12(17)8-6-11/h1,5-8,10,20H,9H2,2-3H3/t10-/m0/s1. The van der Waals surface area contributed by atoms with Crippen molar-refractivity contribution in [2.75, 3.05) is 13.6 Å². The lowest BCUT2D eigenvalue weighted by molar-refractivity contribution is 0.0800. The lowest BCUT2D eigenvalue weighted by Crippen LogP contribution is -2.28. The lowest BCUT2D eigenvalue weighted by Gasteiger charge is -2.14. The topological polar surface area (TPSA) is 66.6 Å². The molecule has 2 aromatic rings. The summed E-state index contributed by atoms with van der Waals surface area (Å²) in [6.07, 6.45) is 4.20. The molecule has 1 aromatic heterocycles. The maximum Gasteiger partial charge on any atom is 0.260 e. The fourth-order valence-corrected chi connectivity index (χ4v) is 2.00. The van der Waals surface area contributed by atoms with Gasteiger partial charge in [-0.25, -0.2) is 4.39 Å². The van der Waals surface area contributed by atoms with Crippen molar-refractivity contribution in [2.24, 2.45) is 0 Å². The van der Waals surface area contributed by atoms with Crippen molar-refractivity contribution in [3.05, 3.63) is 41.4 Å². The Balaban J connectivity index is 2.54. The molecule has 22 heavy (non-hydrogen) atoms. The van der Waals surface area contributed by atoms with Crippen LogP contribution < -0.4 is 0 Å². The summed E-state index contributed by atoms with van der Waals surface area (Å²) in [5, 5.41) is 13.6. The van der Waals surface area contributed by atoms with Crippen LogP contribution in [-0.4, -0.2) is 34.7 Å². The smallest absolute Gasteiger partial charge is 0.260 e. The Labute approximate surface area is 127 Å². The zero-order chi connectivity index (χ0) is 16.3. The van der Waals surface area contributed by atoms with E-state index in [1.165, 1.54) is 43.1 Å². The first-order chi connectivity index (χ1) is 10.5. The van der Waals surface area contributed by atoms with E-state index in [0.29, 0.717) is 5.56 Å². The first-order valence-corrected chi connectivity index (χ1v) is 6.58. The van der Waals surface area contributed by atoms with E-state index in [-0.39, 0.29) is 23.6 Å². The summed E-state index contributed by atoms with van der Waals surface area (Å²) < 4.78 is 18.1. The highest BCUT2D eigenvalue weighted by Crippen LogP contribution is 2.30. The van der Waals surface area contributed by atoms with E-state index >= 15 is 0 Å². The van der Waals surface area contributed by atoms with Crippen molar-refractivity contribution in [3.63, 3.8) is 0 Å². The molecule has 0 aliphatic heterocycles. The van der Waals surface area contributed by atoms with Gasteiger partial charge in [0.25, 0.3) is 5.91 Å². The summed E-state index contributed by atoms with van der Waals surface area (Å²) in [6, 6.07) is 5.48. The van der Waals surface area contributed by atoms with Crippen molar-refractivity contribution in [2.45, 2.75) is 13.0 Å². The molecule has 0 saturated heterocycles. The SMILES string of the molecule is C#CCN(C)C(=O)c1c(-c2ccc(F)cc2)noc1[C@H](C)O. The van der Waals surface area contributed by atoms with Gasteiger partial charge < -0.3 is 14.5 Å². The predicted molar refractivity (Wildman–Crippen MR) is 78.3 cm³/mol. The molecule has 0 bridgehead atoms. The summed E-state index contributed by atoms with van der Waals surface area (Å²) in [5.41, 5.74) is 0.874.